The average Bonchev–Trinajstić information content (AvgIpc) is 2.52. The summed E-state index contributed by atoms with van der Waals surface area (Å²) in [6, 6.07) is 3.36. The van der Waals surface area contributed by atoms with Crippen molar-refractivity contribution in [2.75, 3.05) is 6.54 Å². The van der Waals surface area contributed by atoms with E-state index < -0.39 is 5.91 Å². The molecule has 0 aliphatic carbocycles. The summed E-state index contributed by atoms with van der Waals surface area (Å²) in [7, 11) is 0. The molecule has 0 saturated carbocycles. The Balaban J connectivity index is 2.07. The average molecular weight is 291 g/mol. The topological polar surface area (TPSA) is 82.5 Å². The smallest absolute Gasteiger partial charge is 0.293 e. The molecule has 1 aliphatic rings. The van der Waals surface area contributed by atoms with Gasteiger partial charge in [0.25, 0.3) is 5.91 Å². The molecule has 1 aromatic rings. The van der Waals surface area contributed by atoms with E-state index in [-0.39, 0.29) is 11.6 Å². The van der Waals surface area contributed by atoms with Crippen LogP contribution >= 0.6 is 0 Å². The number of aromatic nitrogens is 1. The Morgan fingerprint density at radius 1 is 1.48 bits per heavy atom. The van der Waals surface area contributed by atoms with E-state index in [1.807, 2.05) is 4.90 Å². The fourth-order valence-electron chi connectivity index (χ4n) is 2.38. The minimum Gasteiger partial charge on any atom is -0.338 e. The van der Waals surface area contributed by atoms with Crippen molar-refractivity contribution in [3.8, 4) is 0 Å². The first-order valence-corrected chi connectivity index (χ1v) is 7.26. The predicted octanol–water partition coefficient (Wildman–Crippen LogP) is 1.52. The molecule has 1 atom stereocenters. The van der Waals surface area contributed by atoms with E-state index in [1.165, 1.54) is 0 Å². The molecule has 1 aromatic heterocycles. The molecule has 2 rings (SSSR count). The molecule has 2 heterocycles. The second-order valence-corrected chi connectivity index (χ2v) is 5.53. The van der Waals surface area contributed by atoms with Crippen molar-refractivity contribution < 1.29 is 14.8 Å². The molecular formula is C15H21N3O3. The highest BCUT2D eigenvalue weighted by atomic mass is 16.5. The molecule has 0 saturated heterocycles. The molecule has 0 bridgehead atoms. The standard InChI is InChI=1S/C15H21N3O3/c1-3-10(2)8-14(19)18-7-6-12-11(9-18)4-5-13(16-12)15(20)17-21/h4-5,10,21H,3,6-9H2,1-2H3,(H,17,20). The highest BCUT2D eigenvalue weighted by molar-refractivity contribution is 5.91. The Morgan fingerprint density at radius 3 is 2.90 bits per heavy atom. The summed E-state index contributed by atoms with van der Waals surface area (Å²) in [6.45, 7) is 5.33. The van der Waals surface area contributed by atoms with E-state index in [2.05, 4.69) is 18.8 Å². The molecular weight excluding hydrogens is 270 g/mol. The quantitative estimate of drug-likeness (QED) is 0.651. The highest BCUT2D eigenvalue weighted by Gasteiger charge is 2.23. The Bertz CT molecular complexity index is 545. The van der Waals surface area contributed by atoms with E-state index in [0.29, 0.717) is 31.8 Å². The van der Waals surface area contributed by atoms with Gasteiger partial charge in [0.05, 0.1) is 0 Å². The molecule has 0 aromatic carbocycles. The van der Waals surface area contributed by atoms with E-state index in [0.717, 1.165) is 17.7 Å². The minimum atomic E-state index is -0.618. The molecule has 0 fully saturated rings. The van der Waals surface area contributed by atoms with Crippen LogP contribution in [0, 0.1) is 5.92 Å². The third-order valence-corrected chi connectivity index (χ3v) is 3.96. The van der Waals surface area contributed by atoms with Gasteiger partial charge in [-0.25, -0.2) is 10.5 Å². The van der Waals surface area contributed by atoms with Gasteiger partial charge in [-0.2, -0.15) is 0 Å². The number of hydrogen-bond donors (Lipinski definition) is 2. The molecule has 1 unspecified atom stereocenters. The van der Waals surface area contributed by atoms with Gasteiger partial charge in [-0.05, 0) is 17.5 Å². The first-order valence-electron chi connectivity index (χ1n) is 7.26. The molecule has 6 nitrogen and oxygen atoms in total. The molecule has 2 N–H and O–H groups in total. The van der Waals surface area contributed by atoms with Gasteiger partial charge < -0.3 is 4.90 Å². The van der Waals surface area contributed by atoms with E-state index in [4.69, 9.17) is 5.21 Å². The lowest BCUT2D eigenvalue weighted by Crippen LogP contribution is -2.37. The Kier molecular flexibility index (Phi) is 4.90. The summed E-state index contributed by atoms with van der Waals surface area (Å²) in [5.41, 5.74) is 3.56. The van der Waals surface area contributed by atoms with Crippen molar-refractivity contribution in [2.45, 2.75) is 39.7 Å². The minimum absolute atomic E-state index is 0.173. The zero-order chi connectivity index (χ0) is 15.4. The number of rotatable bonds is 4. The van der Waals surface area contributed by atoms with Crippen LogP contribution in [0.4, 0.5) is 0 Å². The van der Waals surface area contributed by atoms with Crippen molar-refractivity contribution in [2.24, 2.45) is 5.92 Å². The Morgan fingerprint density at radius 2 is 2.24 bits per heavy atom. The second kappa shape index (κ2) is 6.67. The number of hydroxylamine groups is 1. The molecule has 2 amide bonds. The van der Waals surface area contributed by atoms with Crippen molar-refractivity contribution in [3.63, 3.8) is 0 Å². The maximum Gasteiger partial charge on any atom is 0.293 e. The second-order valence-electron chi connectivity index (χ2n) is 5.53. The molecule has 114 valence electrons. The van der Waals surface area contributed by atoms with Crippen LogP contribution in [0.2, 0.25) is 0 Å². The largest absolute Gasteiger partial charge is 0.338 e. The lowest BCUT2D eigenvalue weighted by Gasteiger charge is -2.29. The Hall–Kier alpha value is -1.95. The first-order chi connectivity index (χ1) is 10.0. The number of carbonyl (C=O) groups is 2. The fourth-order valence-corrected chi connectivity index (χ4v) is 2.38. The van der Waals surface area contributed by atoms with Crippen LogP contribution in [0.1, 0.15) is 48.4 Å². The van der Waals surface area contributed by atoms with Crippen LogP contribution in [0.5, 0.6) is 0 Å². The van der Waals surface area contributed by atoms with E-state index >= 15 is 0 Å². The molecule has 21 heavy (non-hydrogen) atoms. The van der Waals surface area contributed by atoms with E-state index in [9.17, 15) is 9.59 Å². The van der Waals surface area contributed by atoms with Crippen LogP contribution < -0.4 is 5.48 Å². The lowest BCUT2D eigenvalue weighted by molar-refractivity contribution is -0.133. The number of pyridine rings is 1. The summed E-state index contributed by atoms with van der Waals surface area (Å²) < 4.78 is 0. The lowest BCUT2D eigenvalue weighted by atomic mass is 10.0. The van der Waals surface area contributed by atoms with Crippen LogP contribution in [0.3, 0.4) is 0 Å². The molecule has 0 spiro atoms. The van der Waals surface area contributed by atoms with Crippen molar-refractivity contribution in [1.82, 2.24) is 15.4 Å². The number of amides is 2. The summed E-state index contributed by atoms with van der Waals surface area (Å²) in [4.78, 5) is 29.6. The maximum atomic E-state index is 12.2. The third kappa shape index (κ3) is 3.58. The normalized spacial score (nSPS) is 15.3. The number of nitrogens with one attached hydrogen (secondary N) is 1. The molecule has 1 aliphatic heterocycles. The number of carbonyl (C=O) groups excluding carboxylic acids is 2. The summed E-state index contributed by atoms with van der Waals surface area (Å²) in [6.07, 6.45) is 2.20. The van der Waals surface area contributed by atoms with Crippen LogP contribution in [0.25, 0.3) is 0 Å². The van der Waals surface area contributed by atoms with Gasteiger partial charge in [0.15, 0.2) is 0 Å². The van der Waals surface area contributed by atoms with Gasteiger partial charge in [0, 0.05) is 31.6 Å². The van der Waals surface area contributed by atoms with Crippen molar-refractivity contribution in [1.29, 1.82) is 0 Å². The summed E-state index contributed by atoms with van der Waals surface area (Å²) in [5.74, 6) is -0.0482. The zero-order valence-corrected chi connectivity index (χ0v) is 12.4. The highest BCUT2D eigenvalue weighted by Crippen LogP contribution is 2.20. The fraction of sp³-hybridized carbons (Fsp3) is 0.533. The SMILES string of the molecule is CCC(C)CC(=O)N1CCc2nc(C(=O)NO)ccc2C1. The first kappa shape index (κ1) is 15.4. The molecule has 6 heteroatoms. The monoisotopic (exact) mass is 291 g/mol. The van der Waals surface area contributed by atoms with Crippen LogP contribution in [-0.2, 0) is 17.8 Å². The number of fused-ring (bicyclic) bond motifs is 1. The van der Waals surface area contributed by atoms with Gasteiger partial charge in [0.2, 0.25) is 5.91 Å². The number of nitrogens with zero attached hydrogens (tertiary/aromatic N) is 2. The van der Waals surface area contributed by atoms with Gasteiger partial charge in [-0.15, -0.1) is 0 Å². The van der Waals surface area contributed by atoms with Gasteiger partial charge in [-0.1, -0.05) is 26.3 Å². The van der Waals surface area contributed by atoms with Crippen molar-refractivity contribution >= 4 is 11.8 Å². The van der Waals surface area contributed by atoms with Crippen molar-refractivity contribution in [3.05, 3.63) is 29.1 Å². The van der Waals surface area contributed by atoms with Gasteiger partial charge in [-0.3, -0.25) is 14.8 Å². The zero-order valence-electron chi connectivity index (χ0n) is 12.4. The third-order valence-electron chi connectivity index (χ3n) is 3.96. The van der Waals surface area contributed by atoms with E-state index in [1.54, 1.807) is 17.6 Å². The Labute approximate surface area is 124 Å². The van der Waals surface area contributed by atoms with Gasteiger partial charge in [0.1, 0.15) is 5.69 Å². The van der Waals surface area contributed by atoms with Crippen LogP contribution in [0.15, 0.2) is 12.1 Å². The summed E-state index contributed by atoms with van der Waals surface area (Å²) in [5, 5.41) is 8.62. The van der Waals surface area contributed by atoms with Crippen LogP contribution in [-0.4, -0.2) is 33.5 Å². The molecule has 0 radical (unpaired) electrons. The number of hydrogen-bond acceptors (Lipinski definition) is 4. The van der Waals surface area contributed by atoms with Gasteiger partial charge >= 0.3 is 0 Å². The maximum absolute atomic E-state index is 12.2. The summed E-state index contributed by atoms with van der Waals surface area (Å²) >= 11 is 0. The predicted molar refractivity (Wildman–Crippen MR) is 76.7 cm³/mol.